The van der Waals surface area contributed by atoms with Crippen molar-refractivity contribution in [3.05, 3.63) is 43.2 Å². The van der Waals surface area contributed by atoms with Gasteiger partial charge in [0, 0.05) is 43.7 Å². The summed E-state index contributed by atoms with van der Waals surface area (Å²) in [4.78, 5) is 4.76. The molecule has 9 nitrogen and oxygen atoms in total. The maximum atomic E-state index is 13.0. The second-order valence-corrected chi connectivity index (χ2v) is 8.99. The van der Waals surface area contributed by atoms with E-state index in [9.17, 15) is 17.4 Å². The minimum Gasteiger partial charge on any atom is -0.275 e. The van der Waals surface area contributed by atoms with E-state index in [1.807, 2.05) is 26.2 Å². The molecular formula is C20H23F3N8OS. The largest absolute Gasteiger partial charge is 0.485 e. The molecule has 0 saturated carbocycles. The SMILES string of the molecule is CCCCN(CCn1cc(-c2nc(-c3cnn(C)c3)cn3nccc23)cn1)S(=O)C(F)(F)F. The van der Waals surface area contributed by atoms with E-state index in [0.717, 1.165) is 15.4 Å². The first-order valence-electron chi connectivity index (χ1n) is 10.4. The molecule has 0 aliphatic heterocycles. The summed E-state index contributed by atoms with van der Waals surface area (Å²) in [6, 6.07) is 1.83. The van der Waals surface area contributed by atoms with Crippen molar-refractivity contribution < 1.29 is 17.4 Å². The predicted octanol–water partition coefficient (Wildman–Crippen LogP) is 3.28. The molecule has 0 amide bonds. The second kappa shape index (κ2) is 9.43. The van der Waals surface area contributed by atoms with Gasteiger partial charge in [-0.1, -0.05) is 13.3 Å². The lowest BCUT2D eigenvalue weighted by Crippen LogP contribution is -2.38. The van der Waals surface area contributed by atoms with Crippen LogP contribution in [0, 0.1) is 0 Å². The van der Waals surface area contributed by atoms with Gasteiger partial charge in [0.2, 0.25) is 11.0 Å². The van der Waals surface area contributed by atoms with Crippen LogP contribution in [0.15, 0.2) is 43.2 Å². The first kappa shape index (κ1) is 23.1. The van der Waals surface area contributed by atoms with Crippen LogP contribution in [0.3, 0.4) is 0 Å². The van der Waals surface area contributed by atoms with Crippen molar-refractivity contribution in [2.24, 2.45) is 7.05 Å². The van der Waals surface area contributed by atoms with E-state index in [1.165, 1.54) is 4.68 Å². The lowest BCUT2D eigenvalue weighted by molar-refractivity contribution is -0.0429. The summed E-state index contributed by atoms with van der Waals surface area (Å²) in [6.45, 7) is 2.09. The first-order valence-corrected chi connectivity index (χ1v) is 11.5. The van der Waals surface area contributed by atoms with E-state index in [2.05, 4.69) is 15.3 Å². The molecule has 13 heteroatoms. The van der Waals surface area contributed by atoms with Gasteiger partial charge >= 0.3 is 5.51 Å². The van der Waals surface area contributed by atoms with Crippen LogP contribution in [0.25, 0.3) is 28.0 Å². The number of fused-ring (bicyclic) bond motifs is 1. The van der Waals surface area contributed by atoms with Gasteiger partial charge in [-0.3, -0.25) is 9.36 Å². The predicted molar refractivity (Wildman–Crippen MR) is 117 cm³/mol. The van der Waals surface area contributed by atoms with Crippen molar-refractivity contribution >= 4 is 16.5 Å². The number of rotatable bonds is 9. The molecular weight excluding hydrogens is 457 g/mol. The lowest BCUT2D eigenvalue weighted by Gasteiger charge is -2.21. The van der Waals surface area contributed by atoms with Gasteiger partial charge in [0.05, 0.1) is 48.2 Å². The Labute approximate surface area is 190 Å². The van der Waals surface area contributed by atoms with E-state index in [4.69, 9.17) is 4.98 Å². The first-order chi connectivity index (χ1) is 15.8. The minimum absolute atomic E-state index is 0.0432. The third-order valence-electron chi connectivity index (χ3n) is 5.07. The number of halogens is 3. The van der Waals surface area contributed by atoms with Crippen LogP contribution in [0.1, 0.15) is 19.8 Å². The summed E-state index contributed by atoms with van der Waals surface area (Å²) >= 11 is 0. The van der Waals surface area contributed by atoms with E-state index in [1.54, 1.807) is 40.2 Å². The van der Waals surface area contributed by atoms with Crippen LogP contribution in [0.4, 0.5) is 13.2 Å². The Hall–Kier alpha value is -3.06. The zero-order valence-corrected chi connectivity index (χ0v) is 18.9. The second-order valence-electron chi connectivity index (χ2n) is 7.51. The lowest BCUT2D eigenvalue weighted by atomic mass is 10.2. The molecule has 0 radical (unpaired) electrons. The van der Waals surface area contributed by atoms with Crippen LogP contribution in [0.5, 0.6) is 0 Å². The fraction of sp³-hybridized carbons (Fsp3) is 0.400. The fourth-order valence-corrected chi connectivity index (χ4v) is 4.25. The van der Waals surface area contributed by atoms with Gasteiger partial charge in [-0.25, -0.2) is 18.0 Å². The van der Waals surface area contributed by atoms with Crippen molar-refractivity contribution in [3.8, 4) is 22.5 Å². The summed E-state index contributed by atoms with van der Waals surface area (Å²) in [5.74, 6) is 0. The van der Waals surface area contributed by atoms with Gasteiger partial charge in [0.15, 0.2) is 0 Å². The third-order valence-corrected chi connectivity index (χ3v) is 6.30. The van der Waals surface area contributed by atoms with E-state index in [0.29, 0.717) is 29.8 Å². The Morgan fingerprint density at radius 2 is 1.85 bits per heavy atom. The molecule has 0 fully saturated rings. The molecule has 0 aromatic carbocycles. The minimum atomic E-state index is -4.78. The highest BCUT2D eigenvalue weighted by Crippen LogP contribution is 2.27. The smallest absolute Gasteiger partial charge is 0.275 e. The van der Waals surface area contributed by atoms with Crippen molar-refractivity contribution in [3.63, 3.8) is 0 Å². The number of hydrogen-bond donors (Lipinski definition) is 0. The highest BCUT2D eigenvalue weighted by molar-refractivity contribution is 7.83. The molecule has 176 valence electrons. The zero-order chi connectivity index (χ0) is 23.6. The Morgan fingerprint density at radius 3 is 2.55 bits per heavy atom. The molecule has 4 heterocycles. The third kappa shape index (κ3) is 5.14. The maximum absolute atomic E-state index is 13.0. The summed E-state index contributed by atoms with van der Waals surface area (Å²) in [5, 5.41) is 12.8. The summed E-state index contributed by atoms with van der Waals surface area (Å²) < 4.78 is 56.7. The van der Waals surface area contributed by atoms with Gasteiger partial charge < -0.3 is 0 Å². The average Bonchev–Trinajstić information content (AvgIpc) is 3.52. The molecule has 4 aromatic rings. The molecule has 0 saturated heterocycles. The van der Waals surface area contributed by atoms with Crippen LogP contribution in [0.2, 0.25) is 0 Å². The van der Waals surface area contributed by atoms with E-state index >= 15 is 0 Å². The number of unbranched alkanes of at least 4 members (excludes halogenated alkanes) is 1. The summed E-state index contributed by atoms with van der Waals surface area (Å²) in [5.41, 5.74) is -1.18. The van der Waals surface area contributed by atoms with Crippen LogP contribution in [-0.2, 0) is 24.6 Å². The molecule has 4 rings (SSSR count). The molecule has 0 aliphatic carbocycles. The van der Waals surface area contributed by atoms with Gasteiger partial charge in [0.25, 0.3) is 0 Å². The summed E-state index contributed by atoms with van der Waals surface area (Å²) in [6.07, 6.45) is 11.6. The molecule has 4 aromatic heterocycles. The number of hydrogen-bond acceptors (Lipinski definition) is 5. The molecule has 0 N–H and O–H groups in total. The number of alkyl halides is 3. The van der Waals surface area contributed by atoms with Crippen molar-refractivity contribution in [1.29, 1.82) is 0 Å². The van der Waals surface area contributed by atoms with E-state index < -0.39 is 16.5 Å². The number of aromatic nitrogens is 7. The quantitative estimate of drug-likeness (QED) is 0.367. The molecule has 1 unspecified atom stereocenters. The van der Waals surface area contributed by atoms with E-state index in [-0.39, 0.29) is 19.6 Å². The Kier molecular flexibility index (Phi) is 6.61. The van der Waals surface area contributed by atoms with Gasteiger partial charge in [-0.15, -0.1) is 0 Å². The Morgan fingerprint density at radius 1 is 1.06 bits per heavy atom. The maximum Gasteiger partial charge on any atom is 0.485 e. The molecule has 0 spiro atoms. The fourth-order valence-electron chi connectivity index (χ4n) is 3.41. The highest BCUT2D eigenvalue weighted by atomic mass is 32.2. The Bertz CT molecular complexity index is 1260. The van der Waals surface area contributed by atoms with Crippen molar-refractivity contribution in [2.45, 2.75) is 31.8 Å². The summed E-state index contributed by atoms with van der Waals surface area (Å²) in [7, 11) is -1.24. The molecule has 33 heavy (non-hydrogen) atoms. The van der Waals surface area contributed by atoms with Gasteiger partial charge in [0.1, 0.15) is 0 Å². The van der Waals surface area contributed by atoms with Gasteiger partial charge in [-0.05, 0) is 12.5 Å². The van der Waals surface area contributed by atoms with Crippen LogP contribution in [-0.4, -0.2) is 61.3 Å². The van der Waals surface area contributed by atoms with Crippen molar-refractivity contribution in [1.82, 2.24) is 38.5 Å². The Balaban J connectivity index is 1.58. The van der Waals surface area contributed by atoms with Crippen LogP contribution >= 0.6 is 0 Å². The number of aryl methyl sites for hydroxylation is 1. The molecule has 1 atom stereocenters. The number of nitrogens with zero attached hydrogens (tertiary/aromatic N) is 8. The van der Waals surface area contributed by atoms with Gasteiger partial charge in [-0.2, -0.15) is 28.5 Å². The van der Waals surface area contributed by atoms with Crippen LogP contribution < -0.4 is 0 Å². The molecule has 0 bridgehead atoms. The monoisotopic (exact) mass is 480 g/mol. The molecule has 0 aliphatic rings. The average molecular weight is 481 g/mol. The topological polar surface area (TPSA) is 86.1 Å². The highest BCUT2D eigenvalue weighted by Gasteiger charge is 2.40. The standard InChI is InChI=1S/C20H23F3N8OS/c1-3-4-7-30(33(32)20(21,22)23)9-8-29-13-16(11-26-29)19-18-5-6-24-31(18)14-17(27-19)15-10-25-28(2)12-15/h5-6,10-14H,3-4,7-9H2,1-2H3. The zero-order valence-electron chi connectivity index (χ0n) is 18.1. The van der Waals surface area contributed by atoms with Crippen molar-refractivity contribution in [2.75, 3.05) is 13.1 Å². The normalized spacial score (nSPS) is 13.3.